The number of hydrogen-bond acceptors (Lipinski definition) is 5. The molecule has 3 aliphatic heterocycles. The lowest BCUT2D eigenvalue weighted by atomic mass is 9.33. The van der Waals surface area contributed by atoms with E-state index in [1.54, 1.807) is 0 Å². The summed E-state index contributed by atoms with van der Waals surface area (Å²) in [4.78, 5) is 8.20. The summed E-state index contributed by atoms with van der Waals surface area (Å²) in [7, 11) is 0. The molecule has 1 saturated carbocycles. The first-order valence-electron chi connectivity index (χ1n) is 29.7. The van der Waals surface area contributed by atoms with Gasteiger partial charge in [0.25, 0.3) is 6.71 Å². The van der Waals surface area contributed by atoms with Gasteiger partial charge in [0.05, 0.1) is 11.2 Å². The van der Waals surface area contributed by atoms with Crippen molar-refractivity contribution in [1.82, 2.24) is 0 Å². The first-order valence-corrected chi connectivity index (χ1v) is 29.7. The summed E-state index contributed by atoms with van der Waals surface area (Å²) in [5, 5.41) is 4.57. The molecular formula is C73H72BN3O2. The molecule has 0 radical (unpaired) electrons. The molecule has 79 heavy (non-hydrogen) atoms. The third kappa shape index (κ3) is 6.24. The van der Waals surface area contributed by atoms with Crippen LogP contribution in [0.25, 0.3) is 43.9 Å². The van der Waals surface area contributed by atoms with Crippen LogP contribution in [0.15, 0.2) is 148 Å². The van der Waals surface area contributed by atoms with Crippen molar-refractivity contribution >= 4 is 112 Å². The standard InChI is InChI=1S/C73H72BN3O2/c1-43-35-50-52(70(6,7)33-31-68(50,2)3)40-58(43)76-59-38-48-46-22-13-16-27-63(46)78-65(48)42-55(59)74-54-39-51-53(71(8,9)34-32-69(51,4)5)41-60(54)75(57-26-20-23-47-45-21-12-17-28-64(45)79-67(47)57)61-36-44(37-62(76)66(61)74)77-56-25-15-14-24-49(56)72(10)29-18-19-30-73(72,77)11/h12-17,20-28,35-42H,18-19,29-34H2,1-11H3. The van der Waals surface area contributed by atoms with E-state index in [0.717, 1.165) is 81.7 Å². The average molecular weight is 1030 g/mol. The molecule has 1 fully saturated rings. The van der Waals surface area contributed by atoms with Crippen LogP contribution in [0, 0.1) is 6.92 Å². The van der Waals surface area contributed by atoms with E-state index >= 15 is 0 Å². The minimum Gasteiger partial charge on any atom is -0.456 e. The van der Waals surface area contributed by atoms with Gasteiger partial charge in [0.15, 0.2) is 5.58 Å². The number of para-hydroxylation sites is 4. The van der Waals surface area contributed by atoms with Gasteiger partial charge in [-0.15, -0.1) is 0 Å². The van der Waals surface area contributed by atoms with E-state index in [2.05, 4.69) is 230 Å². The number of aryl methyl sites for hydroxylation is 1. The summed E-state index contributed by atoms with van der Waals surface area (Å²) < 4.78 is 14.2. The third-order valence-electron chi connectivity index (χ3n) is 21.8. The highest BCUT2D eigenvalue weighted by molar-refractivity contribution is 7.00. The van der Waals surface area contributed by atoms with Crippen LogP contribution in [0.4, 0.5) is 45.5 Å². The molecule has 0 saturated heterocycles. The zero-order valence-electron chi connectivity index (χ0n) is 48.2. The lowest BCUT2D eigenvalue weighted by molar-refractivity contribution is 0.195. The highest BCUT2D eigenvalue weighted by atomic mass is 16.3. The van der Waals surface area contributed by atoms with E-state index in [-0.39, 0.29) is 39.3 Å². The van der Waals surface area contributed by atoms with Gasteiger partial charge < -0.3 is 23.5 Å². The predicted molar refractivity (Wildman–Crippen MR) is 333 cm³/mol. The van der Waals surface area contributed by atoms with Crippen molar-refractivity contribution in [2.75, 3.05) is 14.7 Å². The van der Waals surface area contributed by atoms with Crippen LogP contribution in [0.1, 0.15) is 154 Å². The fourth-order valence-electron chi connectivity index (χ4n) is 16.9. The summed E-state index contributed by atoms with van der Waals surface area (Å²) >= 11 is 0. The number of benzene rings is 8. The van der Waals surface area contributed by atoms with E-state index in [4.69, 9.17) is 8.83 Å². The zero-order valence-corrected chi connectivity index (χ0v) is 48.2. The Kier molecular flexibility index (Phi) is 9.43. The summed E-state index contributed by atoms with van der Waals surface area (Å²) in [6.07, 6.45) is 9.29. The molecule has 394 valence electrons. The molecule has 5 heterocycles. The van der Waals surface area contributed by atoms with Crippen molar-refractivity contribution in [2.24, 2.45) is 0 Å². The fraction of sp³-hybridized carbons (Fsp3) is 0.342. The molecule has 0 spiro atoms. The number of fused-ring (bicyclic) bond motifs is 15. The van der Waals surface area contributed by atoms with Gasteiger partial charge in [-0.2, -0.15) is 0 Å². The number of hydrogen-bond donors (Lipinski definition) is 0. The number of furan rings is 2. The monoisotopic (exact) mass is 1030 g/mol. The van der Waals surface area contributed by atoms with Crippen molar-refractivity contribution in [2.45, 2.75) is 160 Å². The van der Waals surface area contributed by atoms with Gasteiger partial charge in [0, 0.05) is 66.8 Å². The second-order valence-electron chi connectivity index (χ2n) is 28.1. The van der Waals surface area contributed by atoms with Crippen LogP contribution >= 0.6 is 0 Å². The highest BCUT2D eigenvalue weighted by Gasteiger charge is 2.58. The van der Waals surface area contributed by atoms with Crippen LogP contribution in [0.5, 0.6) is 0 Å². The van der Waals surface area contributed by atoms with E-state index < -0.39 is 0 Å². The van der Waals surface area contributed by atoms with Gasteiger partial charge in [-0.25, -0.2) is 0 Å². The molecule has 16 rings (SSSR count). The molecular weight excluding hydrogens is 962 g/mol. The van der Waals surface area contributed by atoms with Crippen LogP contribution in [-0.4, -0.2) is 12.3 Å². The SMILES string of the molecule is Cc1cc2c(cc1N1c3cc4c(cc3B3c5cc6c(cc5N(c5cccc7c5oc5ccccc57)c5cc(N7c8ccccc8C8(C)CCCCC78C)cc1c53)C(C)(C)CCC6(C)C)oc1ccccc14)C(C)(C)CCC2(C)C. The molecule has 6 heteroatoms. The fourth-order valence-corrected chi connectivity index (χ4v) is 16.9. The molecule has 0 N–H and O–H groups in total. The Labute approximate surface area is 466 Å². The van der Waals surface area contributed by atoms with Crippen LogP contribution < -0.4 is 31.1 Å². The van der Waals surface area contributed by atoms with Gasteiger partial charge in [-0.1, -0.05) is 154 Å². The normalized spacial score (nSPS) is 22.6. The topological polar surface area (TPSA) is 36.0 Å². The summed E-state index contributed by atoms with van der Waals surface area (Å²) in [5.41, 5.74) is 25.8. The van der Waals surface area contributed by atoms with Crippen molar-refractivity contribution < 1.29 is 8.83 Å². The van der Waals surface area contributed by atoms with Crippen molar-refractivity contribution in [3.8, 4) is 0 Å². The van der Waals surface area contributed by atoms with Gasteiger partial charge in [-0.05, 0) is 184 Å². The minimum atomic E-state index is -0.170. The van der Waals surface area contributed by atoms with Crippen molar-refractivity contribution in [1.29, 1.82) is 0 Å². The average Bonchev–Trinajstić information content (AvgIpc) is 2.60. The minimum absolute atomic E-state index is 0.000411. The number of anilines is 8. The maximum absolute atomic E-state index is 7.18. The maximum Gasteiger partial charge on any atom is 0.252 e. The first kappa shape index (κ1) is 47.8. The smallest absolute Gasteiger partial charge is 0.252 e. The van der Waals surface area contributed by atoms with E-state index in [1.807, 2.05) is 0 Å². The maximum atomic E-state index is 7.18. The number of nitrogens with zero attached hydrogens (tertiary/aromatic N) is 3. The Morgan fingerprint density at radius 3 is 1.61 bits per heavy atom. The van der Waals surface area contributed by atoms with Crippen LogP contribution in [0.2, 0.25) is 0 Å². The molecule has 2 unspecified atom stereocenters. The number of rotatable bonds is 3. The van der Waals surface area contributed by atoms with E-state index in [9.17, 15) is 0 Å². The molecule has 6 aliphatic rings. The summed E-state index contributed by atoms with van der Waals surface area (Å²) in [6.45, 7) is 27.2. The Morgan fingerprint density at radius 1 is 0.392 bits per heavy atom. The first-order chi connectivity index (χ1) is 37.8. The lowest BCUT2D eigenvalue weighted by Crippen LogP contribution is -2.62. The third-order valence-corrected chi connectivity index (χ3v) is 21.8. The highest BCUT2D eigenvalue weighted by Crippen LogP contribution is 2.62. The van der Waals surface area contributed by atoms with Crippen molar-refractivity contribution in [3.63, 3.8) is 0 Å². The molecule has 5 nitrogen and oxygen atoms in total. The summed E-state index contributed by atoms with van der Waals surface area (Å²) in [5.74, 6) is 0. The van der Waals surface area contributed by atoms with Gasteiger partial charge in [0.1, 0.15) is 16.7 Å². The molecule has 3 aliphatic carbocycles. The lowest BCUT2D eigenvalue weighted by Gasteiger charge is -2.51. The zero-order chi connectivity index (χ0) is 54.1. The second-order valence-corrected chi connectivity index (χ2v) is 28.1. The van der Waals surface area contributed by atoms with Gasteiger partial charge >= 0.3 is 0 Å². The molecule has 10 aromatic rings. The Balaban J connectivity index is 1.09. The van der Waals surface area contributed by atoms with Gasteiger partial charge in [0.2, 0.25) is 0 Å². The Hall–Kier alpha value is -7.18. The van der Waals surface area contributed by atoms with E-state index in [0.29, 0.717) is 0 Å². The van der Waals surface area contributed by atoms with Crippen LogP contribution in [0.3, 0.4) is 0 Å². The molecule has 8 aromatic carbocycles. The van der Waals surface area contributed by atoms with E-state index in [1.165, 1.54) is 109 Å². The van der Waals surface area contributed by atoms with Gasteiger partial charge in [-0.3, -0.25) is 0 Å². The molecule has 0 amide bonds. The van der Waals surface area contributed by atoms with Crippen molar-refractivity contribution in [3.05, 3.63) is 173 Å². The molecule has 2 atom stereocenters. The van der Waals surface area contributed by atoms with Crippen LogP contribution in [-0.2, 0) is 27.1 Å². The molecule has 0 bridgehead atoms. The summed E-state index contributed by atoms with van der Waals surface area (Å²) in [6, 6.07) is 54.2. The Bertz CT molecular complexity index is 4320. The molecule has 2 aromatic heterocycles. The largest absolute Gasteiger partial charge is 0.456 e. The Morgan fingerprint density at radius 2 is 0.911 bits per heavy atom. The second kappa shape index (κ2) is 15.6. The predicted octanol–water partition coefficient (Wildman–Crippen LogP) is 18.3. The quantitative estimate of drug-likeness (QED) is 0.165.